The molecule has 1 fully saturated rings. The third-order valence-corrected chi connectivity index (χ3v) is 8.62. The molecule has 3 aromatic carbocycles. The molecule has 4 aromatic rings. The maximum Gasteiger partial charge on any atom is 0.233 e. The number of rotatable bonds is 8. The highest BCUT2D eigenvalue weighted by Crippen LogP contribution is 2.31. The Kier molecular flexibility index (Phi) is 9.17. The lowest BCUT2D eigenvalue weighted by molar-refractivity contribution is -0.118. The number of fused-ring (bicyclic) bond motifs is 1. The summed E-state index contributed by atoms with van der Waals surface area (Å²) in [6, 6.07) is 23.1. The van der Waals surface area contributed by atoms with E-state index in [1.807, 2.05) is 42.5 Å². The van der Waals surface area contributed by atoms with E-state index in [1.54, 1.807) is 23.1 Å². The van der Waals surface area contributed by atoms with Crippen LogP contribution < -0.4 is 4.90 Å². The lowest BCUT2D eigenvalue weighted by Gasteiger charge is -2.29. The van der Waals surface area contributed by atoms with Crippen molar-refractivity contribution >= 4 is 54.8 Å². The molecule has 0 spiro atoms. The molecule has 200 valence electrons. The third-order valence-electron chi connectivity index (χ3n) is 6.47. The van der Waals surface area contributed by atoms with E-state index in [4.69, 9.17) is 9.72 Å². The highest BCUT2D eigenvalue weighted by atomic mass is 35.5. The van der Waals surface area contributed by atoms with E-state index in [0.29, 0.717) is 37.0 Å². The molecule has 1 aliphatic heterocycles. The van der Waals surface area contributed by atoms with Crippen LogP contribution in [-0.2, 0) is 25.8 Å². The molecule has 0 radical (unpaired) electrons. The number of sulfone groups is 1. The van der Waals surface area contributed by atoms with E-state index >= 15 is 0 Å². The van der Waals surface area contributed by atoms with Crippen molar-refractivity contribution < 1.29 is 17.9 Å². The van der Waals surface area contributed by atoms with E-state index in [2.05, 4.69) is 17.0 Å². The SMILES string of the molecule is CS(=O)(=O)c1ccc2nc(N(CCN3CCOCC3)C(=O)Cc3ccc(-c4ccccc4)cc3)sc2c1.Cl. The number of nitrogens with zero attached hydrogens (tertiary/aromatic N) is 3. The minimum absolute atomic E-state index is 0. The molecular formula is C28H30ClN3O4S2. The van der Waals surface area contributed by atoms with Crippen LogP contribution in [0.25, 0.3) is 21.3 Å². The number of amides is 1. The zero-order valence-corrected chi connectivity index (χ0v) is 23.5. The van der Waals surface area contributed by atoms with Crippen LogP contribution >= 0.6 is 23.7 Å². The Balaban J connectivity index is 0.00000336. The van der Waals surface area contributed by atoms with Gasteiger partial charge in [-0.2, -0.15) is 0 Å². The average Bonchev–Trinajstić information content (AvgIpc) is 3.33. The molecule has 1 aromatic heterocycles. The molecule has 1 amide bonds. The first-order chi connectivity index (χ1) is 17.9. The normalized spacial score (nSPS) is 14.2. The van der Waals surface area contributed by atoms with E-state index in [1.165, 1.54) is 17.6 Å². The Labute approximate surface area is 233 Å². The summed E-state index contributed by atoms with van der Waals surface area (Å²) in [5, 5.41) is 0.583. The van der Waals surface area contributed by atoms with Crippen molar-refractivity contribution in [3.05, 3.63) is 78.4 Å². The summed E-state index contributed by atoms with van der Waals surface area (Å²) >= 11 is 1.35. The van der Waals surface area contributed by atoms with Crippen LogP contribution in [0.4, 0.5) is 5.13 Å². The molecule has 38 heavy (non-hydrogen) atoms. The number of ether oxygens (including phenoxy) is 1. The lowest BCUT2D eigenvalue weighted by Crippen LogP contribution is -2.43. The van der Waals surface area contributed by atoms with Crippen LogP contribution in [0.2, 0.25) is 0 Å². The number of morpholine rings is 1. The van der Waals surface area contributed by atoms with Gasteiger partial charge in [-0.15, -0.1) is 12.4 Å². The Morgan fingerprint density at radius 3 is 2.37 bits per heavy atom. The van der Waals surface area contributed by atoms with Gasteiger partial charge in [-0.25, -0.2) is 13.4 Å². The number of hydrogen-bond acceptors (Lipinski definition) is 7. The van der Waals surface area contributed by atoms with Crippen LogP contribution in [0.1, 0.15) is 5.56 Å². The Hall–Kier alpha value is -2.82. The first-order valence-corrected chi connectivity index (χ1v) is 14.9. The third kappa shape index (κ3) is 6.78. The monoisotopic (exact) mass is 571 g/mol. The molecule has 0 aliphatic carbocycles. The smallest absolute Gasteiger partial charge is 0.233 e. The maximum absolute atomic E-state index is 13.6. The quantitative estimate of drug-likeness (QED) is 0.305. The zero-order valence-electron chi connectivity index (χ0n) is 21.1. The van der Waals surface area contributed by atoms with Crippen molar-refractivity contribution in [1.82, 2.24) is 9.88 Å². The van der Waals surface area contributed by atoms with E-state index in [9.17, 15) is 13.2 Å². The van der Waals surface area contributed by atoms with Gasteiger partial charge in [0.25, 0.3) is 0 Å². The number of anilines is 1. The maximum atomic E-state index is 13.6. The van der Waals surface area contributed by atoms with Crippen LogP contribution in [0.5, 0.6) is 0 Å². The second-order valence-electron chi connectivity index (χ2n) is 9.14. The van der Waals surface area contributed by atoms with Gasteiger partial charge in [0.05, 0.1) is 34.7 Å². The van der Waals surface area contributed by atoms with E-state index in [-0.39, 0.29) is 29.6 Å². The first kappa shape index (κ1) is 28.2. The fourth-order valence-corrected chi connectivity index (χ4v) is 6.12. The number of halogens is 1. The van der Waals surface area contributed by atoms with Crippen LogP contribution in [0, 0.1) is 0 Å². The predicted octanol–water partition coefficient (Wildman–Crippen LogP) is 4.70. The second-order valence-corrected chi connectivity index (χ2v) is 12.2. The molecular weight excluding hydrogens is 542 g/mol. The van der Waals surface area contributed by atoms with Crippen molar-refractivity contribution in [2.24, 2.45) is 0 Å². The van der Waals surface area contributed by atoms with Crippen molar-refractivity contribution in [3.8, 4) is 11.1 Å². The molecule has 1 saturated heterocycles. The van der Waals surface area contributed by atoms with Gasteiger partial charge >= 0.3 is 0 Å². The van der Waals surface area contributed by atoms with Crippen LogP contribution in [0.15, 0.2) is 77.7 Å². The molecule has 0 bridgehead atoms. The molecule has 0 saturated carbocycles. The molecule has 1 aliphatic rings. The van der Waals surface area contributed by atoms with Gasteiger partial charge in [-0.3, -0.25) is 14.6 Å². The van der Waals surface area contributed by atoms with Gasteiger partial charge in [0.1, 0.15) is 0 Å². The highest BCUT2D eigenvalue weighted by molar-refractivity contribution is 7.90. The van der Waals surface area contributed by atoms with Crippen molar-refractivity contribution in [2.75, 3.05) is 50.5 Å². The Bertz CT molecular complexity index is 1490. The van der Waals surface area contributed by atoms with Gasteiger partial charge in [0.2, 0.25) is 5.91 Å². The molecule has 10 heteroatoms. The number of hydrogen-bond donors (Lipinski definition) is 0. The molecule has 0 atom stereocenters. The van der Waals surface area contributed by atoms with Crippen LogP contribution in [0.3, 0.4) is 0 Å². The number of benzene rings is 3. The number of aromatic nitrogens is 1. The number of carbonyl (C=O) groups excluding carboxylic acids is 1. The summed E-state index contributed by atoms with van der Waals surface area (Å²) in [7, 11) is -3.33. The highest BCUT2D eigenvalue weighted by Gasteiger charge is 2.22. The van der Waals surface area contributed by atoms with Gasteiger partial charge in [-0.1, -0.05) is 65.9 Å². The van der Waals surface area contributed by atoms with Gasteiger partial charge < -0.3 is 4.74 Å². The molecule has 0 unspecified atom stereocenters. The Morgan fingerprint density at radius 1 is 1.00 bits per heavy atom. The molecule has 0 N–H and O–H groups in total. The number of thiazole rings is 1. The summed E-state index contributed by atoms with van der Waals surface area (Å²) in [5.74, 6) is -0.0388. The summed E-state index contributed by atoms with van der Waals surface area (Å²) in [6.07, 6.45) is 1.44. The minimum Gasteiger partial charge on any atom is -0.379 e. The molecule has 5 rings (SSSR count). The largest absolute Gasteiger partial charge is 0.379 e. The van der Waals surface area contributed by atoms with Gasteiger partial charge in [-0.05, 0) is 34.9 Å². The van der Waals surface area contributed by atoms with E-state index in [0.717, 1.165) is 34.5 Å². The van der Waals surface area contributed by atoms with Crippen molar-refractivity contribution in [1.29, 1.82) is 0 Å². The van der Waals surface area contributed by atoms with Crippen molar-refractivity contribution in [2.45, 2.75) is 11.3 Å². The standard InChI is InChI=1S/C28H29N3O4S2.ClH/c1-37(33,34)24-11-12-25-26(20-24)36-28(29-25)31(14-13-30-15-17-35-18-16-30)27(32)19-21-7-9-23(10-8-21)22-5-3-2-4-6-22;/h2-12,20H,13-19H2,1H3;1H. The van der Waals surface area contributed by atoms with Crippen molar-refractivity contribution in [3.63, 3.8) is 0 Å². The van der Waals surface area contributed by atoms with E-state index < -0.39 is 9.84 Å². The summed E-state index contributed by atoms with van der Waals surface area (Å²) in [5.41, 5.74) is 3.86. The lowest BCUT2D eigenvalue weighted by atomic mass is 10.0. The first-order valence-electron chi connectivity index (χ1n) is 12.2. The topological polar surface area (TPSA) is 79.8 Å². The number of carbonyl (C=O) groups is 1. The van der Waals surface area contributed by atoms with Crippen LogP contribution in [-0.4, -0.2) is 69.9 Å². The summed E-state index contributed by atoms with van der Waals surface area (Å²) < 4.78 is 30.3. The predicted molar refractivity (Wildman–Crippen MR) is 155 cm³/mol. The fourth-order valence-electron chi connectivity index (χ4n) is 4.35. The zero-order chi connectivity index (χ0) is 25.8. The van der Waals surface area contributed by atoms with Gasteiger partial charge in [0.15, 0.2) is 15.0 Å². The molecule has 7 nitrogen and oxygen atoms in total. The summed E-state index contributed by atoms with van der Waals surface area (Å²) in [6.45, 7) is 4.27. The fraction of sp³-hybridized carbons (Fsp3) is 0.286. The molecule has 2 heterocycles. The second kappa shape index (κ2) is 12.4. The minimum atomic E-state index is -3.33. The van der Waals surface area contributed by atoms with Gasteiger partial charge in [0, 0.05) is 32.4 Å². The average molecular weight is 572 g/mol. The Morgan fingerprint density at radius 2 is 1.68 bits per heavy atom. The summed E-state index contributed by atoms with van der Waals surface area (Å²) in [4.78, 5) is 22.6.